The number of hydrogen-bond donors (Lipinski definition) is 0. The first-order valence-electron chi connectivity index (χ1n) is 38.6. The van der Waals surface area contributed by atoms with E-state index < -0.39 is 16.9 Å². The van der Waals surface area contributed by atoms with Gasteiger partial charge in [-0.15, -0.1) is 0 Å². The smallest absolute Gasteiger partial charge is 0.0654 e. The van der Waals surface area contributed by atoms with Crippen molar-refractivity contribution in [2.45, 2.75) is 360 Å². The Kier molecular flexibility index (Phi) is 40.8. The molecule has 5 heteroatoms. The molecule has 0 N–H and O–H groups in total. The molecule has 89 heavy (non-hydrogen) atoms. The normalized spacial score (nSPS) is 12.5. The van der Waals surface area contributed by atoms with E-state index in [1.54, 1.807) is 0 Å². The molecule has 0 aliphatic heterocycles. The average Bonchev–Trinajstić information content (AvgIpc) is 0.728. The van der Waals surface area contributed by atoms with Crippen molar-refractivity contribution in [2.24, 2.45) is 0 Å². The Morgan fingerprint density at radius 1 is 0.258 bits per heavy atom. The van der Waals surface area contributed by atoms with Gasteiger partial charge in [-0.05, 0) is 0 Å². The molecule has 5 rings (SSSR count). The first kappa shape index (κ1) is 76.4. The number of fused-ring (bicyclic) bond motifs is 1. The first-order valence-corrected chi connectivity index (χ1v) is 42.3. The summed E-state index contributed by atoms with van der Waals surface area (Å²) in [5, 5.41) is 4.80. The Hall–Kier alpha value is -3.30. The van der Waals surface area contributed by atoms with Crippen molar-refractivity contribution in [2.75, 3.05) is 6.16 Å². The van der Waals surface area contributed by atoms with E-state index in [9.17, 15) is 0 Å². The van der Waals surface area contributed by atoms with Crippen molar-refractivity contribution >= 4 is 43.6 Å². The van der Waals surface area contributed by atoms with E-state index in [1.165, 1.54) is 294 Å². The summed E-state index contributed by atoms with van der Waals surface area (Å²) in [5.74, 6) is 0. The summed E-state index contributed by atoms with van der Waals surface area (Å²) in [6.45, 7) is 4.85. The van der Waals surface area contributed by atoms with E-state index in [0.29, 0.717) is 11.1 Å². The minimum Gasteiger partial charge on any atom is -0.0654 e. The molecule has 5 aromatic carbocycles. The number of benzene rings is 5. The molecule has 0 unspecified atom stereocenters. The van der Waals surface area contributed by atoms with E-state index in [2.05, 4.69) is 125 Å². The van der Waals surface area contributed by atoms with Crippen LogP contribution in [0.15, 0.2) is 120 Å². The monoisotopic (exact) mass is 1250 g/mol. The third-order valence-corrected chi connectivity index (χ3v) is 28.8. The molecule has 0 aromatic heterocycles. The second-order valence-corrected chi connectivity index (χ2v) is 34.1. The van der Waals surface area contributed by atoms with Crippen LogP contribution in [0.3, 0.4) is 0 Å². The Labute approximate surface area is 550 Å². The Balaban J connectivity index is 1.41. The predicted molar refractivity (Wildman–Crippen MR) is 398 cm³/mol. The van der Waals surface area contributed by atoms with Gasteiger partial charge >= 0.3 is 341 Å². The van der Waals surface area contributed by atoms with Crippen LogP contribution in [0.2, 0.25) is 0 Å². The molecule has 0 radical (unpaired) electrons. The molecule has 0 atom stereocenters. The van der Waals surface area contributed by atoms with Gasteiger partial charge in [-0.2, -0.15) is 0 Å². The average molecular weight is 1260 g/mol. The van der Waals surface area contributed by atoms with Gasteiger partial charge in [0.15, 0.2) is 0 Å². The number of unbranched alkanes of at least 4 members (excludes halogenated alkanes) is 45. The fourth-order valence-corrected chi connectivity index (χ4v) is 23.8. The van der Waals surface area contributed by atoms with Crippen molar-refractivity contribution in [1.82, 2.24) is 0 Å². The Bertz CT molecular complexity index is 2510. The topological polar surface area (TPSA) is 43.4 Å². The molecule has 0 heterocycles. The number of aryl methyl sites for hydroxylation is 1. The molecule has 0 spiro atoms. The molecular formula is C84H135O3PS. The summed E-state index contributed by atoms with van der Waals surface area (Å²) < 4.78 is 41.2. The molecule has 0 saturated carbocycles. The maximum atomic E-state index is 16.8. The van der Waals surface area contributed by atoms with Crippen LogP contribution in [-0.4, -0.2) is 14.6 Å². The van der Waals surface area contributed by atoms with Gasteiger partial charge in [0.05, 0.1) is 0 Å². The molecule has 0 fully saturated rings. The standard InChI is InChI=1S/C84H135O3PS/c1-5-9-12-15-18-21-24-27-30-33-36-39-42-45-48-60-71-79-80(72-61-49-46-43-40-37-34-31-28-25-22-19-16-13-10-6-2)82(74-62-50-47-44-41-38-35-32-29-26-23-20-17-14-11-7-3)84(83-75-64-63-73-81(79)83)89(85,86)87-88(8-4,76-65-54-51-55-66-76,77-67-56-52-57-68-77)78-69-58-53-59-70-78/h51-59,63-70,73,75H,5-50,60-62,71-72,74H2,1-4H3. The van der Waals surface area contributed by atoms with Gasteiger partial charge in [0, 0.05) is 0 Å². The van der Waals surface area contributed by atoms with Crippen molar-refractivity contribution in [3.05, 3.63) is 132 Å². The third-order valence-electron chi connectivity index (χ3n) is 20.4. The van der Waals surface area contributed by atoms with Gasteiger partial charge in [0.2, 0.25) is 0 Å². The van der Waals surface area contributed by atoms with E-state index in [-0.39, 0.29) is 0 Å². The third kappa shape index (κ3) is 26.9. The fourth-order valence-electron chi connectivity index (χ4n) is 14.9. The predicted octanol–water partition coefficient (Wildman–Crippen LogP) is 26.4. The van der Waals surface area contributed by atoms with Crippen LogP contribution in [0, 0.1) is 0 Å². The molecule has 500 valence electrons. The molecule has 0 aliphatic rings. The van der Waals surface area contributed by atoms with Crippen molar-refractivity contribution in [1.29, 1.82) is 0 Å². The molecule has 0 amide bonds. The zero-order valence-corrected chi connectivity index (χ0v) is 60.0. The van der Waals surface area contributed by atoms with E-state index in [4.69, 9.17) is 3.97 Å². The van der Waals surface area contributed by atoms with Gasteiger partial charge in [-0.3, -0.25) is 0 Å². The zero-order chi connectivity index (χ0) is 63.1. The van der Waals surface area contributed by atoms with Gasteiger partial charge in [-0.1, -0.05) is 213 Å². The van der Waals surface area contributed by atoms with Crippen LogP contribution in [0.4, 0.5) is 0 Å². The van der Waals surface area contributed by atoms with Crippen LogP contribution in [0.25, 0.3) is 10.8 Å². The Morgan fingerprint density at radius 2 is 0.483 bits per heavy atom. The summed E-state index contributed by atoms with van der Waals surface area (Å²) >= 11 is 0. The minimum absolute atomic E-state index is 0.446. The molecule has 3 nitrogen and oxygen atoms in total. The SMILES string of the molecule is CCCCCCCCCCCCCCCCCCc1c(CCCCCCCCCCCCCCCCCC)c(S(=O)(=O)OP(CC)(c2ccccc2)(c2ccccc2)c2ccccc2)c2ccccc2c1CCCCCCCCCCCCCCCCCC. The van der Waals surface area contributed by atoms with E-state index >= 15 is 8.42 Å². The maximum absolute atomic E-state index is 16.8. The van der Waals surface area contributed by atoms with Crippen LogP contribution in [0.5, 0.6) is 0 Å². The van der Waals surface area contributed by atoms with Crippen LogP contribution in [-0.2, 0) is 33.4 Å². The van der Waals surface area contributed by atoms with Gasteiger partial charge in [-0.25, -0.2) is 0 Å². The molecular weight excluding hydrogens is 1120 g/mol. The summed E-state index contributed by atoms with van der Waals surface area (Å²) in [5.41, 5.74) is 3.80. The van der Waals surface area contributed by atoms with Gasteiger partial charge in [0.25, 0.3) is 0 Å². The van der Waals surface area contributed by atoms with Crippen LogP contribution in [0.1, 0.15) is 353 Å². The van der Waals surface area contributed by atoms with E-state index in [0.717, 1.165) is 77.2 Å². The van der Waals surface area contributed by atoms with Crippen molar-refractivity contribution in [3.63, 3.8) is 0 Å². The fraction of sp³-hybridized carbons (Fsp3) is 0.667. The van der Waals surface area contributed by atoms with E-state index in [1.807, 2.05) is 18.2 Å². The quantitative estimate of drug-likeness (QED) is 0.0288. The summed E-state index contributed by atoms with van der Waals surface area (Å²) in [6, 6.07) is 40.0. The Morgan fingerprint density at radius 3 is 0.753 bits per heavy atom. The first-order chi connectivity index (χ1) is 43.9. The molecule has 0 saturated heterocycles. The summed E-state index contributed by atoms with van der Waals surface area (Å²) in [7, 11) is -4.46. The molecule has 5 aromatic rings. The zero-order valence-electron chi connectivity index (χ0n) is 58.3. The summed E-state index contributed by atoms with van der Waals surface area (Å²) in [6.07, 6.45) is 67.4. The summed E-state index contributed by atoms with van der Waals surface area (Å²) in [4.78, 5) is 0.446. The van der Waals surface area contributed by atoms with Crippen LogP contribution < -0.4 is 15.9 Å². The second-order valence-electron chi connectivity index (χ2n) is 27.5. The number of hydrogen-bond acceptors (Lipinski definition) is 3. The molecule has 0 bridgehead atoms. The second kappa shape index (κ2) is 47.6. The van der Waals surface area contributed by atoms with Crippen molar-refractivity contribution in [3.8, 4) is 0 Å². The van der Waals surface area contributed by atoms with Crippen LogP contribution >= 0.6 is 6.83 Å². The number of rotatable bonds is 58. The minimum atomic E-state index is -4.46. The van der Waals surface area contributed by atoms with Crippen molar-refractivity contribution < 1.29 is 12.4 Å². The van der Waals surface area contributed by atoms with Gasteiger partial charge < -0.3 is 0 Å². The molecule has 0 aliphatic carbocycles. The van der Waals surface area contributed by atoms with Gasteiger partial charge in [0.1, 0.15) is 0 Å².